The molecule has 0 rings (SSSR count). The Kier molecular flexibility index (Phi) is 2.50. The monoisotopic (exact) mass is 117 g/mol. The van der Waals surface area contributed by atoms with Gasteiger partial charge in [-0.15, -0.1) is 0 Å². The van der Waals surface area contributed by atoms with Gasteiger partial charge in [-0.25, -0.2) is 5.06 Å². The van der Waals surface area contributed by atoms with E-state index in [0.29, 0.717) is 11.3 Å². The third kappa shape index (κ3) is 3.05. The third-order valence-electron chi connectivity index (χ3n) is 0.435. The van der Waals surface area contributed by atoms with Crippen molar-refractivity contribution in [2.75, 3.05) is 0 Å². The summed E-state index contributed by atoms with van der Waals surface area (Å²) in [7, 11) is 0. The molecule has 0 saturated heterocycles. The van der Waals surface area contributed by atoms with Gasteiger partial charge < -0.3 is 10.2 Å². The first-order valence-corrected chi connectivity index (χ1v) is 1.86. The average molecular weight is 117 g/mol. The Balaban J connectivity index is 3.68. The van der Waals surface area contributed by atoms with E-state index in [1.54, 1.807) is 0 Å². The Bertz CT molecular complexity index is 106. The smallest absolute Gasteiger partial charge is 0.293 e. The number of aliphatic hydroxyl groups is 2. The second kappa shape index (κ2) is 2.92. The van der Waals surface area contributed by atoms with E-state index < -0.39 is 5.95 Å². The minimum Gasteiger partial charge on any atom is -0.480 e. The molecule has 0 saturated carbocycles. The van der Waals surface area contributed by atoms with E-state index in [4.69, 9.17) is 15.4 Å². The molecule has 0 fully saturated rings. The first-order valence-electron chi connectivity index (χ1n) is 1.86. The molecule has 0 aliphatic heterocycles. The van der Waals surface area contributed by atoms with Crippen molar-refractivity contribution in [3.8, 4) is 0 Å². The number of hydrogen-bond acceptors (Lipinski definition) is 4. The average Bonchev–Trinajstić information content (AvgIpc) is 1.65. The van der Waals surface area contributed by atoms with Crippen molar-refractivity contribution in [3.05, 3.63) is 24.9 Å². The van der Waals surface area contributed by atoms with Crippen molar-refractivity contribution in [2.45, 2.75) is 0 Å². The zero-order valence-electron chi connectivity index (χ0n) is 4.15. The van der Waals surface area contributed by atoms with Crippen molar-refractivity contribution in [1.29, 1.82) is 0 Å². The van der Waals surface area contributed by atoms with E-state index >= 15 is 0 Å². The first-order chi connectivity index (χ1) is 3.66. The molecule has 0 unspecified atom stereocenters. The van der Waals surface area contributed by atoms with Gasteiger partial charge in [-0.3, -0.25) is 5.21 Å². The Morgan fingerprint density at radius 1 is 1.50 bits per heavy atom. The summed E-state index contributed by atoms with van der Waals surface area (Å²) < 4.78 is 0. The number of rotatable bonds is 2. The lowest BCUT2D eigenvalue weighted by molar-refractivity contribution is 0.00112. The number of nitrogens with zero attached hydrogens (tertiary/aromatic N) is 1. The van der Waals surface area contributed by atoms with Gasteiger partial charge in [0.1, 0.15) is 6.20 Å². The van der Waals surface area contributed by atoms with Crippen LogP contribution in [0.1, 0.15) is 0 Å². The molecule has 4 nitrogen and oxygen atoms in total. The van der Waals surface area contributed by atoms with Crippen molar-refractivity contribution < 1.29 is 15.4 Å². The molecule has 0 amide bonds. The maximum Gasteiger partial charge on any atom is 0.293 e. The Hall–Kier alpha value is -1.16. The van der Waals surface area contributed by atoms with Crippen LogP contribution in [0, 0.1) is 0 Å². The summed E-state index contributed by atoms with van der Waals surface area (Å²) in [5.41, 5.74) is 0. The summed E-state index contributed by atoms with van der Waals surface area (Å²) in [4.78, 5) is 0. The fourth-order valence-electron chi connectivity index (χ4n) is 0.171. The van der Waals surface area contributed by atoms with Gasteiger partial charge in [0.15, 0.2) is 0 Å². The molecule has 0 aromatic heterocycles. The second-order valence-corrected chi connectivity index (χ2v) is 1.05. The Morgan fingerprint density at radius 3 is 2.12 bits per heavy atom. The highest BCUT2D eigenvalue weighted by molar-refractivity contribution is 4.80. The molecule has 0 aliphatic rings. The van der Waals surface area contributed by atoms with Crippen LogP contribution in [-0.2, 0) is 0 Å². The predicted molar refractivity (Wildman–Crippen MR) is 27.2 cm³/mol. The van der Waals surface area contributed by atoms with Crippen LogP contribution >= 0.6 is 0 Å². The van der Waals surface area contributed by atoms with Crippen LogP contribution < -0.4 is 0 Å². The molecule has 0 bridgehead atoms. The molecular formula is C4H7NO3. The standard InChI is InChI=1S/C4H7NO3/c1-2-5(8)3-4(6)7/h2-3,6-8H,1H2. The highest BCUT2D eigenvalue weighted by Crippen LogP contribution is 1.85. The van der Waals surface area contributed by atoms with Gasteiger partial charge in [0.25, 0.3) is 5.95 Å². The Morgan fingerprint density at radius 2 is 2.00 bits per heavy atom. The third-order valence-corrected chi connectivity index (χ3v) is 0.435. The van der Waals surface area contributed by atoms with Crippen molar-refractivity contribution in [2.24, 2.45) is 0 Å². The van der Waals surface area contributed by atoms with Crippen LogP contribution in [0.4, 0.5) is 0 Å². The Labute approximate surface area is 46.6 Å². The van der Waals surface area contributed by atoms with E-state index in [0.717, 1.165) is 6.20 Å². The predicted octanol–water partition coefficient (Wildman–Crippen LogP) is 0.736. The molecule has 46 valence electrons. The summed E-state index contributed by atoms with van der Waals surface area (Å²) >= 11 is 0. The van der Waals surface area contributed by atoms with Crippen LogP contribution in [0.5, 0.6) is 0 Å². The molecular weight excluding hydrogens is 110 g/mol. The highest BCUT2D eigenvalue weighted by atomic mass is 16.5. The fourth-order valence-corrected chi connectivity index (χ4v) is 0.171. The molecule has 0 spiro atoms. The molecule has 8 heavy (non-hydrogen) atoms. The molecule has 0 aromatic carbocycles. The van der Waals surface area contributed by atoms with Crippen LogP contribution in [0.2, 0.25) is 0 Å². The summed E-state index contributed by atoms with van der Waals surface area (Å²) in [6, 6.07) is 0. The van der Waals surface area contributed by atoms with Crippen LogP contribution in [0.3, 0.4) is 0 Å². The molecule has 0 heterocycles. The number of hydroxylamine groups is 2. The van der Waals surface area contributed by atoms with Gasteiger partial charge in [0.05, 0.1) is 0 Å². The summed E-state index contributed by atoms with van der Waals surface area (Å²) in [6.07, 6.45) is 1.69. The van der Waals surface area contributed by atoms with E-state index in [9.17, 15) is 0 Å². The second-order valence-electron chi connectivity index (χ2n) is 1.05. The van der Waals surface area contributed by atoms with E-state index in [2.05, 4.69) is 6.58 Å². The zero-order chi connectivity index (χ0) is 6.57. The minimum atomic E-state index is -0.965. The van der Waals surface area contributed by atoms with Gasteiger partial charge >= 0.3 is 0 Å². The largest absolute Gasteiger partial charge is 0.480 e. The maximum atomic E-state index is 8.35. The molecule has 4 heteroatoms. The van der Waals surface area contributed by atoms with Gasteiger partial charge in [0, 0.05) is 6.20 Å². The zero-order valence-corrected chi connectivity index (χ0v) is 4.15. The van der Waals surface area contributed by atoms with Crippen molar-refractivity contribution >= 4 is 0 Å². The summed E-state index contributed by atoms with van der Waals surface area (Å²) in [5.74, 6) is -0.965. The normalized spacial score (nSPS) is 7.62. The molecule has 0 aliphatic carbocycles. The van der Waals surface area contributed by atoms with Crippen LogP contribution in [0.25, 0.3) is 0 Å². The molecule has 0 aromatic rings. The lowest BCUT2D eigenvalue weighted by Crippen LogP contribution is -2.01. The molecule has 0 atom stereocenters. The minimum absolute atomic E-state index is 0.426. The number of hydrogen-bond donors (Lipinski definition) is 3. The van der Waals surface area contributed by atoms with Crippen LogP contribution in [-0.4, -0.2) is 20.5 Å². The molecule has 3 N–H and O–H groups in total. The van der Waals surface area contributed by atoms with Crippen molar-refractivity contribution in [1.82, 2.24) is 5.06 Å². The van der Waals surface area contributed by atoms with E-state index in [-0.39, 0.29) is 0 Å². The van der Waals surface area contributed by atoms with Gasteiger partial charge in [-0.05, 0) is 0 Å². The summed E-state index contributed by atoms with van der Waals surface area (Å²) in [5, 5.41) is 24.8. The first kappa shape index (κ1) is 6.84. The fraction of sp³-hybridized carbons (Fsp3) is 0. The molecule has 0 radical (unpaired) electrons. The van der Waals surface area contributed by atoms with E-state index in [1.807, 2.05) is 0 Å². The van der Waals surface area contributed by atoms with Crippen molar-refractivity contribution in [3.63, 3.8) is 0 Å². The summed E-state index contributed by atoms with van der Waals surface area (Å²) in [6.45, 7) is 3.12. The lowest BCUT2D eigenvalue weighted by atomic mass is 10.8. The topological polar surface area (TPSA) is 63.9 Å². The van der Waals surface area contributed by atoms with E-state index in [1.165, 1.54) is 0 Å². The lowest BCUT2D eigenvalue weighted by Gasteiger charge is -2.00. The quantitative estimate of drug-likeness (QED) is 0.368. The van der Waals surface area contributed by atoms with Gasteiger partial charge in [0.2, 0.25) is 0 Å². The van der Waals surface area contributed by atoms with Gasteiger partial charge in [-0.2, -0.15) is 0 Å². The maximum absolute atomic E-state index is 8.35. The van der Waals surface area contributed by atoms with Crippen LogP contribution in [0.15, 0.2) is 24.9 Å². The highest BCUT2D eigenvalue weighted by Gasteiger charge is 1.85. The van der Waals surface area contributed by atoms with Gasteiger partial charge in [-0.1, -0.05) is 6.58 Å². The number of aliphatic hydroxyl groups excluding tert-OH is 1. The SMILES string of the molecule is C=CN(O)C=C(O)O.